The van der Waals surface area contributed by atoms with Crippen molar-refractivity contribution in [1.29, 1.82) is 0 Å². The molecule has 0 aromatic heterocycles. The van der Waals surface area contributed by atoms with Crippen LogP contribution in [-0.2, 0) is 26.2 Å². The number of hydrogen-bond donors (Lipinski definition) is 1. The monoisotopic (exact) mass is 537 g/mol. The molecule has 0 aliphatic carbocycles. The summed E-state index contributed by atoms with van der Waals surface area (Å²) >= 11 is 3.37. The third-order valence-electron chi connectivity index (χ3n) is 5.13. The Labute approximate surface area is 205 Å². The molecule has 0 aliphatic rings. The summed E-state index contributed by atoms with van der Waals surface area (Å²) in [5, 5.41) is 2.86. The van der Waals surface area contributed by atoms with E-state index >= 15 is 0 Å². The Hall–Kier alpha value is -2.39. The van der Waals surface area contributed by atoms with Crippen molar-refractivity contribution in [2.24, 2.45) is 5.92 Å². The molecule has 0 unspecified atom stereocenters. The van der Waals surface area contributed by atoms with Gasteiger partial charge in [0.2, 0.25) is 21.8 Å². The topological polar surface area (TPSA) is 86.8 Å². The standard InChI is InChI=1S/C24H32BrN3O4S/c1-17(2)14-26-24(30)19(4)27(15-20-12-10-18(3)11-13-20)23(29)16-28(33(5,31)32)22-9-7-6-8-21(22)25/h6-13,17,19H,14-16H2,1-5H3,(H,26,30)/t19-/m0/s1. The third kappa shape index (κ3) is 7.85. The molecule has 2 rings (SSSR count). The number of nitrogens with zero attached hydrogens (tertiary/aromatic N) is 2. The lowest BCUT2D eigenvalue weighted by Crippen LogP contribution is -2.51. The molecule has 1 atom stereocenters. The smallest absolute Gasteiger partial charge is 0.244 e. The molecule has 0 bridgehead atoms. The summed E-state index contributed by atoms with van der Waals surface area (Å²) in [5.74, 6) is -0.488. The van der Waals surface area contributed by atoms with E-state index in [9.17, 15) is 18.0 Å². The van der Waals surface area contributed by atoms with Gasteiger partial charge in [-0.05, 0) is 53.4 Å². The van der Waals surface area contributed by atoms with Crippen molar-refractivity contribution in [2.45, 2.75) is 40.3 Å². The van der Waals surface area contributed by atoms with E-state index in [-0.39, 0.29) is 18.4 Å². The van der Waals surface area contributed by atoms with E-state index in [1.54, 1.807) is 31.2 Å². The number of amides is 2. The first-order chi connectivity index (χ1) is 15.4. The largest absolute Gasteiger partial charge is 0.354 e. The van der Waals surface area contributed by atoms with Crippen LogP contribution >= 0.6 is 15.9 Å². The van der Waals surface area contributed by atoms with Gasteiger partial charge in [-0.2, -0.15) is 0 Å². The van der Waals surface area contributed by atoms with Gasteiger partial charge in [-0.15, -0.1) is 0 Å². The molecule has 0 aliphatic heterocycles. The molecule has 0 saturated heterocycles. The number of sulfonamides is 1. The van der Waals surface area contributed by atoms with E-state index < -0.39 is 28.5 Å². The first-order valence-electron chi connectivity index (χ1n) is 10.7. The summed E-state index contributed by atoms with van der Waals surface area (Å²) in [5.41, 5.74) is 2.29. The van der Waals surface area contributed by atoms with Gasteiger partial charge < -0.3 is 10.2 Å². The summed E-state index contributed by atoms with van der Waals surface area (Å²) in [7, 11) is -3.76. The summed E-state index contributed by atoms with van der Waals surface area (Å²) in [4.78, 5) is 27.7. The highest BCUT2D eigenvalue weighted by Gasteiger charge is 2.30. The molecule has 2 amide bonds. The van der Waals surface area contributed by atoms with E-state index in [1.165, 1.54) is 4.90 Å². The lowest BCUT2D eigenvalue weighted by atomic mass is 10.1. The second kappa shape index (κ2) is 11.7. The molecule has 7 nitrogen and oxygen atoms in total. The molecule has 180 valence electrons. The van der Waals surface area contributed by atoms with E-state index in [1.807, 2.05) is 45.0 Å². The quantitative estimate of drug-likeness (QED) is 0.500. The van der Waals surface area contributed by atoms with Crippen LogP contribution in [-0.4, -0.2) is 50.5 Å². The predicted molar refractivity (Wildman–Crippen MR) is 135 cm³/mol. The second-order valence-electron chi connectivity index (χ2n) is 8.54. The average Bonchev–Trinajstić information content (AvgIpc) is 2.74. The fraction of sp³-hybridized carbons (Fsp3) is 0.417. The number of halogens is 1. The van der Waals surface area contributed by atoms with Crippen LogP contribution < -0.4 is 9.62 Å². The average molecular weight is 539 g/mol. The number of rotatable bonds is 10. The number of para-hydroxylation sites is 1. The SMILES string of the molecule is Cc1ccc(CN(C(=O)CN(c2ccccc2Br)S(C)(=O)=O)[C@@H](C)C(=O)NCC(C)C)cc1. The zero-order chi connectivity index (χ0) is 24.8. The highest BCUT2D eigenvalue weighted by molar-refractivity contribution is 9.10. The van der Waals surface area contributed by atoms with Gasteiger partial charge in [-0.3, -0.25) is 13.9 Å². The number of aryl methyl sites for hydroxylation is 1. The molecule has 0 heterocycles. The van der Waals surface area contributed by atoms with Crippen molar-refractivity contribution in [3.63, 3.8) is 0 Å². The number of carbonyl (C=O) groups excluding carboxylic acids is 2. The van der Waals surface area contributed by atoms with Gasteiger partial charge in [-0.1, -0.05) is 55.8 Å². The van der Waals surface area contributed by atoms with Gasteiger partial charge in [0.15, 0.2) is 0 Å². The first-order valence-corrected chi connectivity index (χ1v) is 13.4. The van der Waals surface area contributed by atoms with Crippen LogP contribution in [0.15, 0.2) is 53.0 Å². The number of nitrogens with one attached hydrogen (secondary N) is 1. The maximum Gasteiger partial charge on any atom is 0.244 e. The van der Waals surface area contributed by atoms with Gasteiger partial charge in [0, 0.05) is 17.6 Å². The highest BCUT2D eigenvalue weighted by Crippen LogP contribution is 2.28. The van der Waals surface area contributed by atoms with Gasteiger partial charge in [0.25, 0.3) is 0 Å². The summed E-state index contributed by atoms with van der Waals surface area (Å²) < 4.78 is 26.8. The van der Waals surface area contributed by atoms with Gasteiger partial charge in [0.05, 0.1) is 11.9 Å². The summed E-state index contributed by atoms with van der Waals surface area (Å²) in [6, 6.07) is 13.7. The normalized spacial score (nSPS) is 12.3. The number of anilines is 1. The van der Waals surface area contributed by atoms with Crippen LogP contribution in [0.4, 0.5) is 5.69 Å². The molecule has 9 heteroatoms. The zero-order valence-corrected chi connectivity index (χ0v) is 22.1. The van der Waals surface area contributed by atoms with Crippen molar-refractivity contribution < 1.29 is 18.0 Å². The first kappa shape index (κ1) is 26.9. The molecule has 1 N–H and O–H groups in total. The molecular weight excluding hydrogens is 506 g/mol. The Kier molecular flexibility index (Phi) is 9.48. The van der Waals surface area contributed by atoms with Crippen molar-refractivity contribution in [1.82, 2.24) is 10.2 Å². The number of hydrogen-bond acceptors (Lipinski definition) is 4. The Morgan fingerprint density at radius 1 is 1.03 bits per heavy atom. The lowest BCUT2D eigenvalue weighted by Gasteiger charge is -2.32. The van der Waals surface area contributed by atoms with Gasteiger partial charge in [0.1, 0.15) is 12.6 Å². The van der Waals surface area contributed by atoms with Crippen molar-refractivity contribution in [3.8, 4) is 0 Å². The van der Waals surface area contributed by atoms with Crippen LogP contribution in [0.1, 0.15) is 31.9 Å². The molecule has 0 saturated carbocycles. The maximum absolute atomic E-state index is 13.5. The highest BCUT2D eigenvalue weighted by atomic mass is 79.9. The molecular formula is C24H32BrN3O4S. The van der Waals surface area contributed by atoms with E-state index in [2.05, 4.69) is 21.2 Å². The van der Waals surface area contributed by atoms with Gasteiger partial charge in [-0.25, -0.2) is 8.42 Å². The molecule has 0 fully saturated rings. The van der Waals surface area contributed by atoms with Crippen LogP contribution in [0.25, 0.3) is 0 Å². The molecule has 2 aromatic rings. The Balaban J connectivity index is 2.36. The van der Waals surface area contributed by atoms with Crippen LogP contribution in [0.2, 0.25) is 0 Å². The zero-order valence-electron chi connectivity index (χ0n) is 19.7. The Morgan fingerprint density at radius 2 is 1.64 bits per heavy atom. The minimum atomic E-state index is -3.76. The minimum absolute atomic E-state index is 0.183. The molecule has 2 aromatic carbocycles. The van der Waals surface area contributed by atoms with E-state index in [0.717, 1.165) is 21.7 Å². The molecule has 0 spiro atoms. The van der Waals surface area contributed by atoms with Crippen LogP contribution in [0.3, 0.4) is 0 Å². The number of benzene rings is 2. The molecule has 0 radical (unpaired) electrons. The summed E-state index contributed by atoms with van der Waals surface area (Å²) in [6.45, 7) is 7.85. The van der Waals surface area contributed by atoms with Gasteiger partial charge >= 0.3 is 0 Å². The fourth-order valence-corrected chi connectivity index (χ4v) is 4.65. The van der Waals surface area contributed by atoms with Crippen molar-refractivity contribution in [3.05, 3.63) is 64.1 Å². The maximum atomic E-state index is 13.5. The predicted octanol–water partition coefficient (Wildman–Crippen LogP) is 3.71. The minimum Gasteiger partial charge on any atom is -0.354 e. The molecule has 33 heavy (non-hydrogen) atoms. The Morgan fingerprint density at radius 3 is 2.18 bits per heavy atom. The van der Waals surface area contributed by atoms with Crippen molar-refractivity contribution in [2.75, 3.05) is 23.7 Å². The fourth-order valence-electron chi connectivity index (χ4n) is 3.17. The van der Waals surface area contributed by atoms with Crippen molar-refractivity contribution >= 4 is 43.5 Å². The Bertz CT molecular complexity index is 1070. The third-order valence-corrected chi connectivity index (χ3v) is 6.92. The lowest BCUT2D eigenvalue weighted by molar-refractivity contribution is -0.139. The number of carbonyl (C=O) groups is 2. The van der Waals surface area contributed by atoms with E-state index in [4.69, 9.17) is 0 Å². The van der Waals surface area contributed by atoms with Crippen LogP contribution in [0, 0.1) is 12.8 Å². The van der Waals surface area contributed by atoms with E-state index in [0.29, 0.717) is 16.7 Å². The second-order valence-corrected chi connectivity index (χ2v) is 11.3. The van der Waals surface area contributed by atoms with Crippen LogP contribution in [0.5, 0.6) is 0 Å². The summed E-state index contributed by atoms with van der Waals surface area (Å²) in [6.07, 6.45) is 1.06.